The van der Waals surface area contributed by atoms with E-state index in [1.807, 2.05) is 62.4 Å². The Hall–Kier alpha value is -3.65. The molecule has 8 nitrogen and oxygen atoms in total. The molecule has 2 amide bonds. The first kappa shape index (κ1) is 22.2. The van der Waals surface area contributed by atoms with Gasteiger partial charge in [0.05, 0.1) is 31.4 Å². The fraction of sp³-hybridized carbons (Fsp3) is 0.346. The molecule has 0 aliphatic carbocycles. The molecule has 1 fully saturated rings. The van der Waals surface area contributed by atoms with Crippen LogP contribution < -0.4 is 10.1 Å². The third kappa shape index (κ3) is 4.28. The van der Waals surface area contributed by atoms with Crippen molar-refractivity contribution >= 4 is 11.6 Å². The van der Waals surface area contributed by atoms with Crippen LogP contribution in [0.4, 0.5) is 4.79 Å². The van der Waals surface area contributed by atoms with Crippen LogP contribution in [-0.2, 0) is 4.74 Å². The number of rotatable bonds is 6. The van der Waals surface area contributed by atoms with E-state index in [9.17, 15) is 4.79 Å². The van der Waals surface area contributed by atoms with Gasteiger partial charge in [-0.1, -0.05) is 41.1 Å². The number of nitrogens with zero attached hydrogens (tertiary/aromatic N) is 3. The van der Waals surface area contributed by atoms with Crippen molar-refractivity contribution in [3.8, 4) is 17.1 Å². The molecule has 0 spiro atoms. The molecule has 1 aromatic heterocycles. The van der Waals surface area contributed by atoms with Crippen LogP contribution >= 0.6 is 0 Å². The van der Waals surface area contributed by atoms with Crippen molar-refractivity contribution in [2.45, 2.75) is 38.8 Å². The predicted molar refractivity (Wildman–Crippen MR) is 127 cm³/mol. The fourth-order valence-corrected chi connectivity index (χ4v) is 4.55. The molecular formula is C26H28N4O4. The van der Waals surface area contributed by atoms with Gasteiger partial charge in [0.2, 0.25) is 5.82 Å². The number of carbonyl (C=O) groups is 1. The summed E-state index contributed by atoms with van der Waals surface area (Å²) in [6, 6.07) is 15.0. The zero-order valence-corrected chi connectivity index (χ0v) is 19.6. The first-order valence-corrected chi connectivity index (χ1v) is 11.5. The molecule has 1 N–H and O–H groups in total. The third-order valence-corrected chi connectivity index (χ3v) is 6.39. The van der Waals surface area contributed by atoms with E-state index in [2.05, 4.69) is 10.5 Å². The molecule has 2 atom stereocenters. The van der Waals surface area contributed by atoms with Gasteiger partial charge in [-0.2, -0.15) is 4.98 Å². The Morgan fingerprint density at radius 2 is 2.00 bits per heavy atom. The van der Waals surface area contributed by atoms with Crippen LogP contribution in [0.1, 0.15) is 42.8 Å². The van der Waals surface area contributed by atoms with E-state index in [4.69, 9.17) is 19.0 Å². The van der Waals surface area contributed by atoms with Gasteiger partial charge in [-0.05, 0) is 50.5 Å². The minimum Gasteiger partial charge on any atom is -0.497 e. The lowest BCUT2D eigenvalue weighted by Crippen LogP contribution is -2.48. The molecule has 0 bridgehead atoms. The third-order valence-electron chi connectivity index (χ3n) is 6.39. The number of allylic oxidation sites excluding steroid dienone is 1. The van der Waals surface area contributed by atoms with Crippen LogP contribution in [0, 0.1) is 6.92 Å². The number of urea groups is 1. The number of nitrogens with one attached hydrogen (secondary N) is 1. The lowest BCUT2D eigenvalue weighted by Gasteiger charge is -2.36. The molecular weight excluding hydrogens is 432 g/mol. The number of ether oxygens (including phenoxy) is 2. The van der Waals surface area contributed by atoms with Crippen molar-refractivity contribution in [1.82, 2.24) is 20.4 Å². The molecule has 1 saturated heterocycles. The smallest absolute Gasteiger partial charge is 0.322 e. The molecule has 2 aliphatic heterocycles. The second kappa shape index (κ2) is 9.30. The first-order valence-electron chi connectivity index (χ1n) is 11.5. The Morgan fingerprint density at radius 1 is 1.18 bits per heavy atom. The van der Waals surface area contributed by atoms with Crippen LogP contribution in [0.5, 0.6) is 5.75 Å². The van der Waals surface area contributed by atoms with Crippen molar-refractivity contribution in [2.24, 2.45) is 0 Å². The molecule has 0 saturated carbocycles. The number of hydrogen-bond acceptors (Lipinski definition) is 6. The summed E-state index contributed by atoms with van der Waals surface area (Å²) in [5.74, 6) is 1.63. The quantitative estimate of drug-likeness (QED) is 0.572. The summed E-state index contributed by atoms with van der Waals surface area (Å²) in [6.07, 6.45) is 1.96. The maximum Gasteiger partial charge on any atom is 0.322 e. The number of aromatic nitrogens is 2. The van der Waals surface area contributed by atoms with Crippen LogP contribution in [0.3, 0.4) is 0 Å². The van der Waals surface area contributed by atoms with E-state index < -0.39 is 6.04 Å². The van der Waals surface area contributed by atoms with E-state index in [1.54, 1.807) is 12.0 Å². The van der Waals surface area contributed by atoms with Crippen LogP contribution in [0.2, 0.25) is 0 Å². The number of hydrogen-bond donors (Lipinski definition) is 1. The first-order chi connectivity index (χ1) is 16.5. The summed E-state index contributed by atoms with van der Waals surface area (Å²) in [5, 5.41) is 7.38. The molecule has 3 heterocycles. The van der Waals surface area contributed by atoms with E-state index in [1.165, 1.54) is 0 Å². The van der Waals surface area contributed by atoms with Crippen molar-refractivity contribution in [1.29, 1.82) is 0 Å². The Morgan fingerprint density at radius 3 is 2.71 bits per heavy atom. The van der Waals surface area contributed by atoms with Gasteiger partial charge < -0.3 is 19.3 Å². The van der Waals surface area contributed by atoms with Gasteiger partial charge in [0.15, 0.2) is 0 Å². The van der Waals surface area contributed by atoms with Gasteiger partial charge >= 0.3 is 6.03 Å². The Kier molecular flexibility index (Phi) is 6.06. The van der Waals surface area contributed by atoms with Gasteiger partial charge in [-0.25, -0.2) is 4.79 Å². The van der Waals surface area contributed by atoms with E-state index in [0.29, 0.717) is 18.3 Å². The SMILES string of the molecule is COc1ccc(C2NC(=O)N(CC3CCCO3)C(C)=C2c2nc(-c3cccc(C)c3)no2)cc1. The molecule has 2 aliphatic rings. The number of carbonyl (C=O) groups excluding carboxylic acids is 1. The maximum atomic E-state index is 13.2. The highest BCUT2D eigenvalue weighted by Crippen LogP contribution is 2.38. The lowest BCUT2D eigenvalue weighted by molar-refractivity contribution is 0.0877. The summed E-state index contributed by atoms with van der Waals surface area (Å²) in [7, 11) is 1.63. The molecule has 176 valence electrons. The Bertz CT molecular complexity index is 1210. The molecule has 5 rings (SSSR count). The Labute approximate surface area is 198 Å². The van der Waals surface area contributed by atoms with E-state index in [0.717, 1.165) is 53.2 Å². The average Bonchev–Trinajstić information content (AvgIpc) is 3.54. The highest BCUT2D eigenvalue weighted by Gasteiger charge is 2.37. The average molecular weight is 461 g/mol. The standard InChI is InChI=1S/C26H28N4O4/c1-16-6-4-7-19(14-16)24-28-25(34-29-24)22-17(2)30(15-21-8-5-13-33-21)26(31)27-23(22)18-9-11-20(32-3)12-10-18/h4,6-7,9-12,14,21,23H,5,8,13,15H2,1-3H3,(H,27,31). The highest BCUT2D eigenvalue weighted by atomic mass is 16.5. The second-order valence-corrected chi connectivity index (χ2v) is 8.69. The number of benzene rings is 2. The second-order valence-electron chi connectivity index (χ2n) is 8.69. The van der Waals surface area contributed by atoms with Crippen molar-refractivity contribution in [2.75, 3.05) is 20.3 Å². The van der Waals surface area contributed by atoms with Crippen molar-refractivity contribution in [3.05, 3.63) is 71.2 Å². The molecule has 3 aromatic rings. The summed E-state index contributed by atoms with van der Waals surface area (Å²) in [5.41, 5.74) is 4.44. The molecule has 8 heteroatoms. The summed E-state index contributed by atoms with van der Waals surface area (Å²) in [4.78, 5) is 19.6. The van der Waals surface area contributed by atoms with Gasteiger partial charge in [0.1, 0.15) is 5.75 Å². The summed E-state index contributed by atoms with van der Waals surface area (Å²) >= 11 is 0. The van der Waals surface area contributed by atoms with Gasteiger partial charge in [-0.3, -0.25) is 4.90 Å². The molecule has 0 radical (unpaired) electrons. The lowest BCUT2D eigenvalue weighted by atomic mass is 9.94. The summed E-state index contributed by atoms with van der Waals surface area (Å²) < 4.78 is 16.9. The van der Waals surface area contributed by atoms with Gasteiger partial charge in [-0.15, -0.1) is 0 Å². The zero-order chi connectivity index (χ0) is 23.7. The number of amides is 2. The fourth-order valence-electron chi connectivity index (χ4n) is 4.55. The maximum absolute atomic E-state index is 13.2. The van der Waals surface area contributed by atoms with Crippen molar-refractivity contribution < 1.29 is 18.8 Å². The predicted octanol–water partition coefficient (Wildman–Crippen LogP) is 4.73. The minimum absolute atomic E-state index is 0.0185. The largest absolute Gasteiger partial charge is 0.497 e. The Balaban J connectivity index is 1.56. The minimum atomic E-state index is -0.440. The monoisotopic (exact) mass is 460 g/mol. The molecule has 2 aromatic carbocycles. The zero-order valence-electron chi connectivity index (χ0n) is 19.6. The van der Waals surface area contributed by atoms with Crippen molar-refractivity contribution in [3.63, 3.8) is 0 Å². The summed E-state index contributed by atoms with van der Waals surface area (Å²) in [6.45, 7) is 5.16. The van der Waals surface area contributed by atoms with Crippen LogP contribution in [0.15, 0.2) is 58.8 Å². The van der Waals surface area contributed by atoms with Gasteiger partial charge in [0, 0.05) is 17.9 Å². The van der Waals surface area contributed by atoms with E-state index >= 15 is 0 Å². The molecule has 34 heavy (non-hydrogen) atoms. The van der Waals surface area contributed by atoms with Crippen LogP contribution in [-0.4, -0.2) is 47.4 Å². The van der Waals surface area contributed by atoms with Crippen LogP contribution in [0.25, 0.3) is 17.0 Å². The van der Waals surface area contributed by atoms with E-state index in [-0.39, 0.29) is 12.1 Å². The normalized spacial score (nSPS) is 20.6. The number of aryl methyl sites for hydroxylation is 1. The number of methoxy groups -OCH3 is 1. The molecule has 2 unspecified atom stereocenters. The topological polar surface area (TPSA) is 89.7 Å². The van der Waals surface area contributed by atoms with Gasteiger partial charge in [0.25, 0.3) is 5.89 Å². The highest BCUT2D eigenvalue weighted by molar-refractivity contribution is 5.87.